The number of thioether (sulfide) groups is 1. The van der Waals surface area contributed by atoms with Crippen LogP contribution in [0.25, 0.3) is 0 Å². The molecule has 1 amide bonds. The van der Waals surface area contributed by atoms with Crippen molar-refractivity contribution in [3.8, 4) is 0 Å². The van der Waals surface area contributed by atoms with E-state index in [9.17, 15) is 22.4 Å². The molecule has 2 aromatic rings. The summed E-state index contributed by atoms with van der Waals surface area (Å²) in [5.41, 5.74) is 2.62. The van der Waals surface area contributed by atoms with Gasteiger partial charge in [0.05, 0.1) is 5.56 Å². The average Bonchev–Trinajstić information content (AvgIpc) is 3.15. The van der Waals surface area contributed by atoms with Crippen molar-refractivity contribution in [2.75, 3.05) is 13.6 Å². The summed E-state index contributed by atoms with van der Waals surface area (Å²) in [5.74, 6) is -0.777. The number of benzene rings is 1. The highest BCUT2D eigenvalue weighted by Gasteiger charge is 2.33. The average molecular weight is 442 g/mol. The third kappa shape index (κ3) is 6.16. The van der Waals surface area contributed by atoms with Crippen LogP contribution in [0.4, 0.5) is 17.6 Å². The smallest absolute Gasteiger partial charge is 0.342 e. The van der Waals surface area contributed by atoms with Gasteiger partial charge in [-0.05, 0) is 49.1 Å². The number of hydrogen-bond acceptors (Lipinski definition) is 5. The number of nitrogens with zero attached hydrogens (tertiary/aromatic N) is 2. The molecule has 0 aliphatic carbocycles. The lowest BCUT2D eigenvalue weighted by molar-refractivity contribution is -0.0329. The number of hydrogen-bond donors (Lipinski definition) is 2. The van der Waals surface area contributed by atoms with Gasteiger partial charge in [-0.15, -0.1) is 0 Å². The SMILES string of the molecule is CN(CCCC1CC(c2cccc(F)c2)NN1)C(=O)c1cccnc1SC(F)(F)F. The van der Waals surface area contributed by atoms with Crippen LogP contribution in [0.15, 0.2) is 47.6 Å². The summed E-state index contributed by atoms with van der Waals surface area (Å²) >= 11 is -0.387. The Bertz CT molecular complexity index is 880. The largest absolute Gasteiger partial charge is 0.447 e. The minimum Gasteiger partial charge on any atom is -0.342 e. The van der Waals surface area contributed by atoms with Gasteiger partial charge in [0.15, 0.2) is 0 Å². The van der Waals surface area contributed by atoms with Crippen LogP contribution in [0, 0.1) is 5.82 Å². The Morgan fingerprint density at radius 1 is 1.27 bits per heavy atom. The first-order valence-electron chi connectivity index (χ1n) is 9.45. The molecule has 2 heterocycles. The number of hydrazine groups is 1. The fourth-order valence-corrected chi connectivity index (χ4v) is 3.98. The van der Waals surface area contributed by atoms with Crippen LogP contribution < -0.4 is 10.9 Å². The highest BCUT2D eigenvalue weighted by atomic mass is 32.2. The third-order valence-electron chi connectivity index (χ3n) is 4.84. The van der Waals surface area contributed by atoms with Crippen LogP contribution in [0.2, 0.25) is 0 Å². The van der Waals surface area contributed by atoms with Crippen LogP contribution >= 0.6 is 11.8 Å². The van der Waals surface area contributed by atoms with Crippen LogP contribution in [-0.4, -0.2) is 40.9 Å². The van der Waals surface area contributed by atoms with Crippen LogP contribution in [-0.2, 0) is 0 Å². The van der Waals surface area contributed by atoms with Crippen molar-refractivity contribution in [3.63, 3.8) is 0 Å². The standard InChI is InChI=1S/C20H22F4N4OS/c1-28(19(29)16-8-3-9-25-18(16)30-20(22,23)24)10-4-7-15-12-17(27-26-15)13-5-2-6-14(21)11-13/h2-3,5-6,8-9,11,15,17,26-27H,4,7,10,12H2,1H3. The third-order valence-corrected chi connectivity index (χ3v) is 5.59. The molecule has 1 aromatic carbocycles. The second-order valence-corrected chi connectivity index (χ2v) is 8.16. The van der Waals surface area contributed by atoms with Gasteiger partial charge >= 0.3 is 5.51 Å². The summed E-state index contributed by atoms with van der Waals surface area (Å²) in [6.07, 6.45) is 3.43. The van der Waals surface area contributed by atoms with E-state index in [0.29, 0.717) is 13.0 Å². The molecule has 3 rings (SSSR count). The normalized spacial score (nSPS) is 19.1. The molecule has 1 aromatic heterocycles. The van der Waals surface area contributed by atoms with Crippen LogP contribution in [0.3, 0.4) is 0 Å². The second kappa shape index (κ2) is 9.76. The van der Waals surface area contributed by atoms with Crippen LogP contribution in [0.5, 0.6) is 0 Å². The summed E-state index contributed by atoms with van der Waals surface area (Å²) in [6, 6.07) is 9.38. The van der Waals surface area contributed by atoms with Crippen molar-refractivity contribution in [1.82, 2.24) is 20.7 Å². The predicted octanol–water partition coefficient (Wildman–Crippen LogP) is 4.29. The van der Waals surface area contributed by atoms with Crippen molar-refractivity contribution in [2.45, 2.75) is 41.9 Å². The molecule has 0 bridgehead atoms. The molecule has 0 radical (unpaired) electrons. The van der Waals surface area contributed by atoms with Gasteiger partial charge in [0.1, 0.15) is 10.8 Å². The number of rotatable bonds is 7. The molecule has 162 valence electrons. The minimum absolute atomic E-state index is 0.00223. The molecule has 1 aliphatic heterocycles. The molecule has 0 saturated carbocycles. The molecule has 5 nitrogen and oxygen atoms in total. The Hall–Kier alpha value is -2.17. The van der Waals surface area contributed by atoms with Crippen molar-refractivity contribution in [1.29, 1.82) is 0 Å². The second-order valence-electron chi connectivity index (χ2n) is 7.10. The first kappa shape index (κ1) is 22.5. The summed E-state index contributed by atoms with van der Waals surface area (Å²) in [6.45, 7) is 0.395. The summed E-state index contributed by atoms with van der Waals surface area (Å²) in [5, 5.41) is -0.346. The lowest BCUT2D eigenvalue weighted by atomic mass is 9.99. The maximum absolute atomic E-state index is 13.4. The zero-order valence-electron chi connectivity index (χ0n) is 16.2. The Kier molecular flexibility index (Phi) is 7.32. The minimum atomic E-state index is -4.51. The van der Waals surface area contributed by atoms with Gasteiger partial charge in [-0.1, -0.05) is 12.1 Å². The van der Waals surface area contributed by atoms with Crippen LogP contribution in [0.1, 0.15) is 41.2 Å². The fourth-order valence-electron chi connectivity index (χ4n) is 3.38. The van der Waals surface area contributed by atoms with Crippen molar-refractivity contribution in [2.24, 2.45) is 0 Å². The van der Waals surface area contributed by atoms with E-state index in [-0.39, 0.29) is 40.3 Å². The Morgan fingerprint density at radius 2 is 2.07 bits per heavy atom. The molecule has 0 spiro atoms. The number of amides is 1. The molecule has 2 N–H and O–H groups in total. The molecular formula is C20H22F4N4OS. The van der Waals surface area contributed by atoms with E-state index in [0.717, 1.165) is 18.4 Å². The van der Waals surface area contributed by atoms with Gasteiger partial charge < -0.3 is 4.90 Å². The molecule has 2 unspecified atom stereocenters. The molecular weight excluding hydrogens is 420 g/mol. The molecule has 1 aliphatic rings. The molecule has 10 heteroatoms. The Morgan fingerprint density at radius 3 is 2.80 bits per heavy atom. The summed E-state index contributed by atoms with van der Waals surface area (Å²) in [7, 11) is 1.56. The molecule has 1 fully saturated rings. The van der Waals surface area contributed by atoms with Crippen molar-refractivity contribution >= 4 is 17.7 Å². The fraction of sp³-hybridized carbons (Fsp3) is 0.400. The summed E-state index contributed by atoms with van der Waals surface area (Å²) < 4.78 is 51.5. The van der Waals surface area contributed by atoms with E-state index >= 15 is 0 Å². The molecule has 2 atom stereocenters. The number of carbonyl (C=O) groups is 1. The van der Waals surface area contributed by atoms with E-state index in [1.54, 1.807) is 13.1 Å². The first-order valence-corrected chi connectivity index (χ1v) is 10.3. The zero-order valence-corrected chi connectivity index (χ0v) is 17.1. The Balaban J connectivity index is 1.49. The van der Waals surface area contributed by atoms with Gasteiger partial charge in [-0.2, -0.15) is 13.2 Å². The highest BCUT2D eigenvalue weighted by molar-refractivity contribution is 8.00. The topological polar surface area (TPSA) is 57.3 Å². The number of carbonyl (C=O) groups excluding carboxylic acids is 1. The van der Waals surface area contributed by atoms with Gasteiger partial charge in [-0.25, -0.2) is 9.37 Å². The number of aromatic nitrogens is 1. The number of halogens is 4. The highest BCUT2D eigenvalue weighted by Crippen LogP contribution is 2.37. The van der Waals surface area contributed by atoms with Crippen molar-refractivity contribution < 1.29 is 22.4 Å². The number of alkyl halides is 3. The van der Waals surface area contributed by atoms with E-state index < -0.39 is 11.4 Å². The van der Waals surface area contributed by atoms with E-state index in [1.807, 2.05) is 6.07 Å². The number of nitrogens with one attached hydrogen (secondary N) is 2. The summed E-state index contributed by atoms with van der Waals surface area (Å²) in [4.78, 5) is 17.7. The van der Waals surface area contributed by atoms with Gasteiger partial charge in [0, 0.05) is 43.6 Å². The van der Waals surface area contributed by atoms with E-state index in [4.69, 9.17) is 0 Å². The van der Waals surface area contributed by atoms with E-state index in [2.05, 4.69) is 15.8 Å². The van der Waals surface area contributed by atoms with Gasteiger partial charge in [0.2, 0.25) is 0 Å². The maximum atomic E-state index is 13.4. The maximum Gasteiger partial charge on any atom is 0.447 e. The molecule has 30 heavy (non-hydrogen) atoms. The number of pyridine rings is 1. The predicted molar refractivity (Wildman–Crippen MR) is 106 cm³/mol. The first-order chi connectivity index (χ1) is 14.2. The molecule has 1 saturated heterocycles. The monoisotopic (exact) mass is 442 g/mol. The Labute approximate surface area is 176 Å². The van der Waals surface area contributed by atoms with Crippen molar-refractivity contribution in [3.05, 3.63) is 59.5 Å². The van der Waals surface area contributed by atoms with E-state index in [1.165, 1.54) is 35.4 Å². The zero-order chi connectivity index (χ0) is 21.7. The van der Waals surface area contributed by atoms with Gasteiger partial charge in [0.25, 0.3) is 5.91 Å². The lowest BCUT2D eigenvalue weighted by Gasteiger charge is -2.19. The van der Waals surface area contributed by atoms with Gasteiger partial charge in [-0.3, -0.25) is 15.6 Å². The quantitative estimate of drug-likeness (QED) is 0.495. The lowest BCUT2D eigenvalue weighted by Crippen LogP contribution is -2.32.